The van der Waals surface area contributed by atoms with Crippen molar-refractivity contribution < 1.29 is 23.1 Å². The lowest BCUT2D eigenvalue weighted by atomic mass is 10.1. The molecule has 2 heterocycles. The van der Waals surface area contributed by atoms with Crippen LogP contribution in [0.1, 0.15) is 47.8 Å². The molecule has 1 aliphatic rings. The van der Waals surface area contributed by atoms with Gasteiger partial charge in [-0.2, -0.15) is 0 Å². The fourth-order valence-corrected chi connectivity index (χ4v) is 6.25. The highest BCUT2D eigenvalue weighted by atomic mass is 32.1. The highest BCUT2D eigenvalue weighted by molar-refractivity contribution is 7.79. The van der Waals surface area contributed by atoms with Gasteiger partial charge in [-0.15, -0.1) is 0 Å². The Hall–Kier alpha value is -2.10. The fourth-order valence-electron chi connectivity index (χ4n) is 3.71. The summed E-state index contributed by atoms with van der Waals surface area (Å²) in [5, 5.41) is -0.259. The second-order valence-electron chi connectivity index (χ2n) is 13.2. The van der Waals surface area contributed by atoms with E-state index in [-0.39, 0.29) is 21.9 Å². The van der Waals surface area contributed by atoms with Crippen LogP contribution in [0.25, 0.3) is 0 Å². The Morgan fingerprint density at radius 2 is 1.55 bits per heavy atom. The molecule has 3 rings (SSSR count). The maximum absolute atomic E-state index is 12.9. The molecule has 1 fully saturated rings. The van der Waals surface area contributed by atoms with E-state index in [0.29, 0.717) is 5.75 Å². The summed E-state index contributed by atoms with van der Waals surface area (Å²) in [4.78, 5) is 27.0. The molecule has 0 radical (unpaired) electrons. The van der Waals surface area contributed by atoms with Gasteiger partial charge in [-0.05, 0) is 48.4 Å². The van der Waals surface area contributed by atoms with E-state index in [9.17, 15) is 9.59 Å². The van der Waals surface area contributed by atoms with Gasteiger partial charge in [0.15, 0.2) is 29.0 Å². The molecular formula is C28H44N2O7SSi2. The van der Waals surface area contributed by atoms with Crippen molar-refractivity contribution in [3.8, 4) is 5.75 Å². The van der Waals surface area contributed by atoms with Crippen molar-refractivity contribution in [2.45, 2.75) is 102 Å². The van der Waals surface area contributed by atoms with Crippen LogP contribution in [0.15, 0.2) is 52.2 Å². The lowest BCUT2D eigenvalue weighted by molar-refractivity contribution is -0.0524. The van der Waals surface area contributed by atoms with Gasteiger partial charge in [0.25, 0.3) is 5.56 Å². The van der Waals surface area contributed by atoms with Crippen LogP contribution in [0.2, 0.25) is 36.3 Å². The number of para-hydroxylation sites is 1. The summed E-state index contributed by atoms with van der Waals surface area (Å²) in [5.74, 6) is 0.517. The number of H-pyrrole nitrogens is 1. The van der Waals surface area contributed by atoms with Crippen LogP contribution in [0.3, 0.4) is 0 Å². The molecule has 1 aliphatic heterocycles. The third-order valence-electron chi connectivity index (χ3n) is 8.24. The number of rotatable bonds is 8. The van der Waals surface area contributed by atoms with Crippen LogP contribution in [-0.2, 0) is 18.3 Å². The van der Waals surface area contributed by atoms with Crippen molar-refractivity contribution in [2.75, 3.05) is 6.61 Å². The zero-order chi connectivity index (χ0) is 30.1. The molecule has 222 valence electrons. The first-order chi connectivity index (χ1) is 18.3. The molecule has 1 N–H and O–H groups in total. The Bertz CT molecular complexity index is 1280. The first kappa shape index (κ1) is 32.4. The summed E-state index contributed by atoms with van der Waals surface area (Å²) in [6.07, 6.45) is -1.63. The summed E-state index contributed by atoms with van der Waals surface area (Å²) < 4.78 is 33.3. The number of aromatic nitrogens is 2. The Morgan fingerprint density at radius 3 is 2.10 bits per heavy atom. The highest BCUT2D eigenvalue weighted by Gasteiger charge is 2.53. The van der Waals surface area contributed by atoms with Gasteiger partial charge >= 0.3 is 10.9 Å². The number of ether oxygens (including phenoxy) is 3. The van der Waals surface area contributed by atoms with Gasteiger partial charge in [-0.1, -0.05) is 59.7 Å². The number of thiocarbonyl (C=S) groups is 1. The molecule has 2 aromatic rings. The smallest absolute Gasteiger partial charge is 0.358 e. The zero-order valence-corrected chi connectivity index (χ0v) is 28.1. The summed E-state index contributed by atoms with van der Waals surface area (Å²) in [6.45, 7) is 21.9. The van der Waals surface area contributed by atoms with Gasteiger partial charge in [0, 0.05) is 24.5 Å². The van der Waals surface area contributed by atoms with E-state index in [1.165, 1.54) is 16.8 Å². The minimum absolute atomic E-state index is 0.0162. The predicted octanol–water partition coefficient (Wildman–Crippen LogP) is 5.60. The van der Waals surface area contributed by atoms with Gasteiger partial charge < -0.3 is 23.1 Å². The maximum Gasteiger partial charge on any atom is 0.358 e. The Kier molecular flexibility index (Phi) is 9.74. The van der Waals surface area contributed by atoms with Crippen molar-refractivity contribution in [3.63, 3.8) is 0 Å². The SMILES string of the molecule is CC(C)(C)[Si](C)(C)OCC1OC(n2ccc(=O)[nH]c2=O)C(OC(=S)Oc2ccccc2)C1O[Si](C)(C)C(C)(C)C. The number of aromatic amines is 1. The minimum atomic E-state index is -2.38. The largest absolute Gasteiger partial charge is 0.446 e. The molecule has 0 bridgehead atoms. The third-order valence-corrected chi connectivity index (χ3v) is 17.4. The highest BCUT2D eigenvalue weighted by Crippen LogP contribution is 2.43. The van der Waals surface area contributed by atoms with E-state index in [1.807, 2.05) is 18.2 Å². The van der Waals surface area contributed by atoms with Crippen LogP contribution in [0.4, 0.5) is 0 Å². The van der Waals surface area contributed by atoms with Crippen molar-refractivity contribution in [1.29, 1.82) is 0 Å². The maximum atomic E-state index is 12.9. The van der Waals surface area contributed by atoms with E-state index in [2.05, 4.69) is 72.7 Å². The van der Waals surface area contributed by atoms with Crippen LogP contribution >= 0.6 is 12.2 Å². The topological polar surface area (TPSA) is 101 Å². The van der Waals surface area contributed by atoms with Gasteiger partial charge in [0.05, 0.1) is 6.61 Å². The van der Waals surface area contributed by atoms with Crippen LogP contribution in [0, 0.1) is 0 Å². The standard InChI is InChI=1S/C28H44N2O7SSi2/c1-27(2,3)39(7,8)33-18-20-22(37-40(9,10)28(4,5)6)23(36-26(38)34-19-14-12-11-13-15-19)24(35-20)30-17-16-21(31)29-25(30)32/h11-17,20,22-24H,18H2,1-10H3,(H,29,31,32). The summed E-state index contributed by atoms with van der Waals surface area (Å²) >= 11 is 5.49. The summed E-state index contributed by atoms with van der Waals surface area (Å²) in [5.41, 5.74) is -1.13. The molecule has 1 aromatic heterocycles. The first-order valence-electron chi connectivity index (χ1n) is 13.5. The lowest BCUT2D eigenvalue weighted by Crippen LogP contribution is -2.52. The van der Waals surface area contributed by atoms with Crippen molar-refractivity contribution in [3.05, 3.63) is 63.4 Å². The molecule has 40 heavy (non-hydrogen) atoms. The Morgan fingerprint density at radius 1 is 0.950 bits per heavy atom. The molecule has 0 aliphatic carbocycles. The first-order valence-corrected chi connectivity index (χ1v) is 19.8. The lowest BCUT2D eigenvalue weighted by Gasteiger charge is -2.41. The minimum Gasteiger partial charge on any atom is -0.446 e. The Balaban J connectivity index is 2.04. The third kappa shape index (κ3) is 7.59. The second kappa shape index (κ2) is 12.0. The summed E-state index contributed by atoms with van der Waals surface area (Å²) in [7, 11) is -4.53. The van der Waals surface area contributed by atoms with Crippen LogP contribution < -0.4 is 16.0 Å². The number of nitrogens with zero attached hydrogens (tertiary/aromatic N) is 1. The molecule has 4 unspecified atom stereocenters. The molecular weight excluding hydrogens is 565 g/mol. The molecule has 1 aromatic carbocycles. The molecule has 0 amide bonds. The monoisotopic (exact) mass is 608 g/mol. The van der Waals surface area contributed by atoms with Gasteiger partial charge in [-0.3, -0.25) is 14.3 Å². The molecule has 0 saturated carbocycles. The van der Waals surface area contributed by atoms with E-state index in [1.54, 1.807) is 12.1 Å². The van der Waals surface area contributed by atoms with E-state index in [0.717, 1.165) is 0 Å². The number of nitrogens with one attached hydrogen (secondary N) is 1. The van der Waals surface area contributed by atoms with E-state index < -0.39 is 52.4 Å². The van der Waals surface area contributed by atoms with Crippen LogP contribution in [-0.4, -0.2) is 56.3 Å². The molecule has 9 nitrogen and oxygen atoms in total. The number of hydrogen-bond donors (Lipinski definition) is 1. The quantitative estimate of drug-likeness (QED) is 0.306. The molecule has 1 saturated heterocycles. The number of benzene rings is 1. The number of hydrogen-bond acceptors (Lipinski definition) is 8. The van der Waals surface area contributed by atoms with Crippen molar-refractivity contribution >= 4 is 34.1 Å². The van der Waals surface area contributed by atoms with Crippen molar-refractivity contribution in [2.24, 2.45) is 0 Å². The Labute approximate surface area is 244 Å². The van der Waals surface area contributed by atoms with E-state index >= 15 is 0 Å². The van der Waals surface area contributed by atoms with Crippen LogP contribution in [0.5, 0.6) is 5.75 Å². The van der Waals surface area contributed by atoms with Gasteiger partial charge in [0.2, 0.25) is 0 Å². The van der Waals surface area contributed by atoms with Gasteiger partial charge in [-0.25, -0.2) is 4.79 Å². The average Bonchev–Trinajstić information content (AvgIpc) is 3.13. The summed E-state index contributed by atoms with van der Waals surface area (Å²) in [6, 6.07) is 10.3. The molecule has 0 spiro atoms. The predicted molar refractivity (Wildman–Crippen MR) is 165 cm³/mol. The normalized spacial score (nSPS) is 22.2. The average molecular weight is 609 g/mol. The zero-order valence-electron chi connectivity index (χ0n) is 25.3. The second-order valence-corrected chi connectivity index (χ2v) is 23.1. The molecule has 4 atom stereocenters. The van der Waals surface area contributed by atoms with E-state index in [4.69, 9.17) is 35.3 Å². The fraction of sp³-hybridized carbons (Fsp3) is 0.607. The van der Waals surface area contributed by atoms with Gasteiger partial charge in [0.1, 0.15) is 18.0 Å². The molecule has 12 heteroatoms. The van der Waals surface area contributed by atoms with Crippen molar-refractivity contribution in [1.82, 2.24) is 9.55 Å².